The number of carbonyl (C=O) groups is 1. The molecule has 0 aromatic heterocycles. The van der Waals surface area contributed by atoms with Crippen LogP contribution in [0.2, 0.25) is 0 Å². The standard InChI is InChI=1S/C13H26N2O2/c1-10(2)7-8-15(4)9-13(14-3,12(16)17)11-5-6-11/h10-11,14H,5-9H2,1-4H3,(H,16,17). The molecule has 0 aromatic carbocycles. The molecule has 1 saturated carbocycles. The summed E-state index contributed by atoms with van der Waals surface area (Å²) < 4.78 is 0. The molecule has 1 aliphatic rings. The Morgan fingerprint density at radius 3 is 2.47 bits per heavy atom. The summed E-state index contributed by atoms with van der Waals surface area (Å²) in [5.41, 5.74) is -0.744. The van der Waals surface area contributed by atoms with Crippen molar-refractivity contribution in [2.45, 2.75) is 38.6 Å². The second kappa shape index (κ2) is 5.83. The monoisotopic (exact) mass is 242 g/mol. The summed E-state index contributed by atoms with van der Waals surface area (Å²) in [6, 6.07) is 0. The molecule has 1 aliphatic carbocycles. The molecule has 0 saturated heterocycles. The van der Waals surface area contributed by atoms with Gasteiger partial charge in [-0.3, -0.25) is 4.79 Å². The number of aliphatic carboxylic acids is 1. The van der Waals surface area contributed by atoms with Gasteiger partial charge in [-0.15, -0.1) is 0 Å². The van der Waals surface area contributed by atoms with Crippen LogP contribution in [0.5, 0.6) is 0 Å². The average molecular weight is 242 g/mol. The summed E-state index contributed by atoms with van der Waals surface area (Å²) in [5.74, 6) is 0.248. The first-order valence-corrected chi connectivity index (χ1v) is 6.53. The largest absolute Gasteiger partial charge is 0.480 e. The van der Waals surface area contributed by atoms with Gasteiger partial charge in [0.05, 0.1) is 0 Å². The number of hydrogen-bond acceptors (Lipinski definition) is 3. The predicted octanol–water partition coefficient (Wildman–Crippen LogP) is 1.42. The third-order valence-electron chi connectivity index (χ3n) is 3.71. The lowest BCUT2D eigenvalue weighted by Gasteiger charge is -2.33. The van der Waals surface area contributed by atoms with E-state index in [-0.39, 0.29) is 0 Å². The van der Waals surface area contributed by atoms with Gasteiger partial charge in [0.15, 0.2) is 0 Å². The van der Waals surface area contributed by atoms with E-state index in [4.69, 9.17) is 0 Å². The Balaban J connectivity index is 2.56. The molecule has 0 amide bonds. The summed E-state index contributed by atoms with van der Waals surface area (Å²) in [5, 5.41) is 12.5. The van der Waals surface area contributed by atoms with Gasteiger partial charge in [0.1, 0.15) is 5.54 Å². The average Bonchev–Trinajstić information content (AvgIpc) is 3.06. The normalized spacial score (nSPS) is 19.6. The van der Waals surface area contributed by atoms with Crippen LogP contribution in [0.3, 0.4) is 0 Å². The molecular weight excluding hydrogens is 216 g/mol. The molecule has 0 heterocycles. The third-order valence-corrected chi connectivity index (χ3v) is 3.71. The van der Waals surface area contributed by atoms with Crippen molar-refractivity contribution in [1.82, 2.24) is 10.2 Å². The van der Waals surface area contributed by atoms with Crippen molar-refractivity contribution in [3.63, 3.8) is 0 Å². The fraction of sp³-hybridized carbons (Fsp3) is 0.923. The van der Waals surface area contributed by atoms with E-state index in [0.29, 0.717) is 18.4 Å². The van der Waals surface area contributed by atoms with Gasteiger partial charge < -0.3 is 15.3 Å². The molecule has 1 atom stereocenters. The van der Waals surface area contributed by atoms with Crippen molar-refractivity contribution in [3.8, 4) is 0 Å². The summed E-state index contributed by atoms with van der Waals surface area (Å²) in [6.07, 6.45) is 3.18. The minimum Gasteiger partial charge on any atom is -0.480 e. The van der Waals surface area contributed by atoms with E-state index >= 15 is 0 Å². The number of carboxylic acids is 1. The van der Waals surface area contributed by atoms with Crippen molar-refractivity contribution < 1.29 is 9.90 Å². The maximum atomic E-state index is 11.5. The lowest BCUT2D eigenvalue weighted by Crippen LogP contribution is -2.59. The third kappa shape index (κ3) is 3.68. The quantitative estimate of drug-likeness (QED) is 0.676. The maximum Gasteiger partial charge on any atom is 0.325 e. The molecule has 4 heteroatoms. The predicted molar refractivity (Wildman–Crippen MR) is 69.1 cm³/mol. The Kier molecular flexibility index (Phi) is 4.95. The van der Waals surface area contributed by atoms with Gasteiger partial charge in [-0.05, 0) is 51.7 Å². The van der Waals surface area contributed by atoms with Crippen LogP contribution in [0.4, 0.5) is 0 Å². The van der Waals surface area contributed by atoms with Crippen LogP contribution in [-0.4, -0.2) is 48.7 Å². The zero-order valence-corrected chi connectivity index (χ0v) is 11.5. The van der Waals surface area contributed by atoms with Crippen LogP contribution >= 0.6 is 0 Å². The van der Waals surface area contributed by atoms with Gasteiger partial charge in [-0.1, -0.05) is 13.8 Å². The molecule has 0 bridgehead atoms. The van der Waals surface area contributed by atoms with Crippen molar-refractivity contribution in [2.75, 3.05) is 27.2 Å². The van der Waals surface area contributed by atoms with Gasteiger partial charge in [-0.2, -0.15) is 0 Å². The van der Waals surface area contributed by atoms with E-state index in [2.05, 4.69) is 24.1 Å². The summed E-state index contributed by atoms with van der Waals surface area (Å²) in [6.45, 7) is 5.94. The van der Waals surface area contributed by atoms with Crippen molar-refractivity contribution >= 4 is 5.97 Å². The highest BCUT2D eigenvalue weighted by Gasteiger charge is 2.50. The van der Waals surface area contributed by atoms with Crippen LogP contribution in [0, 0.1) is 11.8 Å². The Morgan fingerprint density at radius 2 is 2.12 bits per heavy atom. The zero-order valence-electron chi connectivity index (χ0n) is 11.5. The van der Waals surface area contributed by atoms with Crippen LogP contribution in [0.25, 0.3) is 0 Å². The van der Waals surface area contributed by atoms with Crippen molar-refractivity contribution in [3.05, 3.63) is 0 Å². The Morgan fingerprint density at radius 1 is 1.53 bits per heavy atom. The highest BCUT2D eigenvalue weighted by Crippen LogP contribution is 2.40. The molecule has 0 aromatic rings. The minimum absolute atomic E-state index is 0.298. The first-order valence-electron chi connectivity index (χ1n) is 6.53. The van der Waals surface area contributed by atoms with Crippen LogP contribution in [-0.2, 0) is 4.79 Å². The lowest BCUT2D eigenvalue weighted by molar-refractivity contribution is -0.146. The number of nitrogens with zero attached hydrogens (tertiary/aromatic N) is 1. The molecule has 1 rings (SSSR count). The summed E-state index contributed by atoms with van der Waals surface area (Å²) >= 11 is 0. The second-order valence-electron chi connectivity index (χ2n) is 5.72. The van der Waals surface area contributed by atoms with E-state index in [0.717, 1.165) is 25.8 Å². The van der Waals surface area contributed by atoms with Gasteiger partial charge in [0.2, 0.25) is 0 Å². The number of rotatable bonds is 8. The van der Waals surface area contributed by atoms with Gasteiger partial charge in [0.25, 0.3) is 0 Å². The molecule has 4 nitrogen and oxygen atoms in total. The minimum atomic E-state index is -0.744. The first-order chi connectivity index (χ1) is 7.92. The highest BCUT2D eigenvalue weighted by molar-refractivity contribution is 5.80. The summed E-state index contributed by atoms with van der Waals surface area (Å²) in [4.78, 5) is 13.7. The highest BCUT2D eigenvalue weighted by atomic mass is 16.4. The first kappa shape index (κ1) is 14.5. The molecule has 1 unspecified atom stereocenters. The summed E-state index contributed by atoms with van der Waals surface area (Å²) in [7, 11) is 3.78. The van der Waals surface area contributed by atoms with E-state index < -0.39 is 11.5 Å². The van der Waals surface area contributed by atoms with Crippen molar-refractivity contribution in [1.29, 1.82) is 0 Å². The molecule has 2 N–H and O–H groups in total. The van der Waals surface area contributed by atoms with Crippen LogP contribution in [0.1, 0.15) is 33.1 Å². The van der Waals surface area contributed by atoms with E-state index in [1.165, 1.54) is 0 Å². The Bertz CT molecular complexity index is 264. The fourth-order valence-electron chi connectivity index (χ4n) is 2.32. The van der Waals surface area contributed by atoms with E-state index in [1.54, 1.807) is 7.05 Å². The second-order valence-corrected chi connectivity index (χ2v) is 5.72. The Hall–Kier alpha value is -0.610. The van der Waals surface area contributed by atoms with Crippen molar-refractivity contribution in [2.24, 2.45) is 11.8 Å². The molecule has 1 fully saturated rings. The van der Waals surface area contributed by atoms with Gasteiger partial charge in [0, 0.05) is 6.54 Å². The van der Waals surface area contributed by atoms with Crippen LogP contribution in [0.15, 0.2) is 0 Å². The topological polar surface area (TPSA) is 52.6 Å². The molecule has 0 radical (unpaired) electrons. The number of nitrogens with one attached hydrogen (secondary N) is 1. The lowest BCUT2D eigenvalue weighted by atomic mass is 9.92. The SMILES string of the molecule is CNC(CN(C)CCC(C)C)(C(=O)O)C1CC1. The molecule has 100 valence electrons. The van der Waals surface area contributed by atoms with Crippen LogP contribution < -0.4 is 5.32 Å². The maximum absolute atomic E-state index is 11.5. The molecule has 17 heavy (non-hydrogen) atoms. The number of carboxylic acid groups (broad SMARTS) is 1. The Labute approximate surface area is 104 Å². The molecule has 0 spiro atoms. The number of hydrogen-bond donors (Lipinski definition) is 2. The number of likely N-dealkylation sites (N-methyl/N-ethyl adjacent to an activating group) is 2. The smallest absolute Gasteiger partial charge is 0.325 e. The van der Waals surface area contributed by atoms with Gasteiger partial charge >= 0.3 is 5.97 Å². The molecular formula is C13H26N2O2. The fourth-order valence-corrected chi connectivity index (χ4v) is 2.32. The van der Waals surface area contributed by atoms with E-state index in [9.17, 15) is 9.90 Å². The van der Waals surface area contributed by atoms with E-state index in [1.807, 2.05) is 7.05 Å². The molecule has 0 aliphatic heterocycles. The van der Waals surface area contributed by atoms with Gasteiger partial charge in [-0.25, -0.2) is 0 Å². The zero-order chi connectivity index (χ0) is 13.1.